The Morgan fingerprint density at radius 2 is 2.06 bits per heavy atom. The lowest BCUT2D eigenvalue weighted by molar-refractivity contribution is 0.175. The summed E-state index contributed by atoms with van der Waals surface area (Å²) in [5.74, 6) is 0.519. The van der Waals surface area contributed by atoms with Crippen molar-refractivity contribution in [1.82, 2.24) is 34.5 Å². The van der Waals surface area contributed by atoms with Gasteiger partial charge in [-0.2, -0.15) is 10.1 Å². The van der Waals surface area contributed by atoms with E-state index < -0.39 is 16.1 Å². The summed E-state index contributed by atoms with van der Waals surface area (Å²) in [7, 11) is 0. The van der Waals surface area contributed by atoms with Crippen LogP contribution in [0, 0.1) is 14.9 Å². The Bertz CT molecular complexity index is 1420. The van der Waals surface area contributed by atoms with E-state index in [1.165, 1.54) is 6.07 Å². The fourth-order valence-electron chi connectivity index (χ4n) is 5.42. The van der Waals surface area contributed by atoms with Crippen LogP contribution < -0.4 is 9.62 Å². The average molecular weight is 608 g/mol. The van der Waals surface area contributed by atoms with Crippen molar-refractivity contribution in [2.45, 2.75) is 50.8 Å². The van der Waals surface area contributed by atoms with E-state index in [2.05, 4.69) is 52.6 Å². The Balaban J connectivity index is 1.33. The van der Waals surface area contributed by atoms with Crippen LogP contribution in [0.1, 0.15) is 50.8 Å². The van der Waals surface area contributed by atoms with Crippen molar-refractivity contribution in [3.63, 3.8) is 0 Å². The number of fused-ring (bicyclic) bond motifs is 4. The van der Waals surface area contributed by atoms with Gasteiger partial charge < -0.3 is 9.45 Å². The predicted molar refractivity (Wildman–Crippen MR) is 141 cm³/mol. The number of H-pyrrole nitrogens is 1. The third-order valence-electron chi connectivity index (χ3n) is 7.30. The molecule has 12 heteroatoms. The smallest absolute Gasteiger partial charge is 0.214 e. The number of nitrogens with one attached hydrogen (secondary N) is 2. The van der Waals surface area contributed by atoms with E-state index in [-0.39, 0.29) is 17.3 Å². The highest BCUT2D eigenvalue weighted by Crippen LogP contribution is 2.53. The second-order valence-electron chi connectivity index (χ2n) is 10.5. The van der Waals surface area contributed by atoms with E-state index >= 15 is 0 Å². The van der Waals surface area contributed by atoms with Crippen LogP contribution in [-0.4, -0.2) is 52.2 Å². The summed E-state index contributed by atoms with van der Waals surface area (Å²) in [5.41, 5.74) is 3.34. The second-order valence-corrected chi connectivity index (χ2v) is 13.5. The Kier molecular flexibility index (Phi) is 5.51. The zero-order valence-corrected chi connectivity index (χ0v) is 22.7. The highest BCUT2D eigenvalue weighted by Gasteiger charge is 2.51. The number of piperidine rings is 1. The first kappa shape index (κ1) is 23.4. The van der Waals surface area contributed by atoms with Gasteiger partial charge in [0.25, 0.3) is 0 Å². The minimum Gasteiger partial charge on any atom is -0.598 e. The summed E-state index contributed by atoms with van der Waals surface area (Å²) in [5, 5.41) is 16.6. The van der Waals surface area contributed by atoms with Crippen molar-refractivity contribution in [2.75, 3.05) is 18.0 Å². The third kappa shape index (κ3) is 3.80. The van der Waals surface area contributed by atoms with Gasteiger partial charge in [-0.25, -0.2) is 4.39 Å². The molecule has 0 unspecified atom stereocenters. The van der Waals surface area contributed by atoms with E-state index in [1.807, 2.05) is 31.2 Å². The fraction of sp³-hybridized carbons (Fsp3) is 0.478. The molecule has 0 saturated carbocycles. The molecule has 9 nitrogen and oxygen atoms in total. The molecule has 1 saturated heterocycles. The minimum atomic E-state index is -1.27. The Morgan fingerprint density at radius 3 is 2.80 bits per heavy atom. The van der Waals surface area contributed by atoms with Crippen LogP contribution in [0.2, 0.25) is 0 Å². The monoisotopic (exact) mass is 608 g/mol. The molecule has 2 atom stereocenters. The molecule has 3 aromatic heterocycles. The second kappa shape index (κ2) is 8.25. The Morgan fingerprint density at radius 1 is 1.29 bits per heavy atom. The maximum Gasteiger partial charge on any atom is 0.214 e. The topological polar surface area (TPSA) is 110 Å². The standard InChI is InChI=1S/C23H26FIN8OS/c1-22(2,3)35(34)31-17-15-10-14(24)5-4-13(15)11-23(17)6-8-32(9-7-23)21-27-19-16(18(25)28-29-19)20-30-26-12-33(20)21/h4-5,10,12,17,31H,6-9,11H2,1-3H3,(H,28,29)/t17-,35-/m1/s1. The van der Waals surface area contributed by atoms with Crippen molar-refractivity contribution >= 4 is 56.6 Å². The van der Waals surface area contributed by atoms with Gasteiger partial charge in [-0.05, 0) is 85.9 Å². The summed E-state index contributed by atoms with van der Waals surface area (Å²) in [6, 6.07) is 4.86. The van der Waals surface area contributed by atoms with E-state index in [9.17, 15) is 8.94 Å². The molecular weight excluding hydrogens is 582 g/mol. The molecule has 184 valence electrons. The first-order valence-electron chi connectivity index (χ1n) is 11.6. The van der Waals surface area contributed by atoms with Crippen molar-refractivity contribution in [1.29, 1.82) is 0 Å². The molecule has 2 aliphatic rings. The van der Waals surface area contributed by atoms with E-state index in [0.717, 1.165) is 64.2 Å². The number of aromatic nitrogens is 6. The molecule has 0 bridgehead atoms. The van der Waals surface area contributed by atoms with Crippen LogP contribution in [0.5, 0.6) is 0 Å². The van der Waals surface area contributed by atoms with Crippen molar-refractivity contribution < 1.29 is 8.94 Å². The third-order valence-corrected chi connectivity index (χ3v) is 9.64. The molecule has 1 aliphatic heterocycles. The summed E-state index contributed by atoms with van der Waals surface area (Å²) in [6.45, 7) is 7.38. The van der Waals surface area contributed by atoms with E-state index in [4.69, 9.17) is 4.98 Å². The van der Waals surface area contributed by atoms with Gasteiger partial charge in [0.05, 0.1) is 11.4 Å². The maximum atomic E-state index is 14.2. The summed E-state index contributed by atoms with van der Waals surface area (Å²) in [6.07, 6.45) is 4.23. The van der Waals surface area contributed by atoms with Crippen LogP contribution in [0.15, 0.2) is 24.5 Å². The van der Waals surface area contributed by atoms with Crippen LogP contribution in [0.3, 0.4) is 0 Å². The highest BCUT2D eigenvalue weighted by molar-refractivity contribution is 14.1. The zero-order chi connectivity index (χ0) is 24.5. The van der Waals surface area contributed by atoms with Gasteiger partial charge in [-0.1, -0.05) is 6.07 Å². The molecule has 1 fully saturated rings. The Hall–Kier alpha value is -2.03. The lowest BCUT2D eigenvalue weighted by atomic mass is 9.73. The van der Waals surface area contributed by atoms with Crippen LogP contribution in [0.25, 0.3) is 16.7 Å². The summed E-state index contributed by atoms with van der Waals surface area (Å²) >= 11 is 0.900. The first-order chi connectivity index (χ1) is 16.7. The maximum absolute atomic E-state index is 14.2. The lowest BCUT2D eigenvalue weighted by Gasteiger charge is -2.44. The predicted octanol–water partition coefficient (Wildman–Crippen LogP) is 3.68. The van der Waals surface area contributed by atoms with Gasteiger partial charge in [0.15, 0.2) is 11.3 Å². The molecule has 2 N–H and O–H groups in total. The van der Waals surface area contributed by atoms with Crippen LogP contribution >= 0.6 is 22.6 Å². The highest BCUT2D eigenvalue weighted by atomic mass is 127. The van der Waals surface area contributed by atoms with Gasteiger partial charge in [-0.15, -0.1) is 14.9 Å². The number of rotatable bonds is 3. The molecule has 0 amide bonds. The molecular formula is C23H26FIN8OS. The molecule has 1 aliphatic carbocycles. The van der Waals surface area contributed by atoms with Gasteiger partial charge in [0.1, 0.15) is 20.6 Å². The van der Waals surface area contributed by atoms with Crippen molar-refractivity contribution in [3.05, 3.63) is 45.2 Å². The molecule has 4 aromatic rings. The number of nitrogens with zero attached hydrogens (tertiary/aromatic N) is 6. The number of halogens is 2. The van der Waals surface area contributed by atoms with Crippen molar-refractivity contribution in [3.8, 4) is 0 Å². The number of hydrogen-bond donors (Lipinski definition) is 2. The number of benzene rings is 1. The molecule has 4 heterocycles. The molecule has 1 spiro atoms. The SMILES string of the molecule is CC(C)(C)[S@@+]([O-])N[C@@H]1c2cc(F)ccc2CC12CCN(c1nc3[nH]nc(I)c3c3nncn13)CC2. The number of hydrogen-bond acceptors (Lipinski definition) is 7. The van der Waals surface area contributed by atoms with Gasteiger partial charge >= 0.3 is 0 Å². The molecule has 35 heavy (non-hydrogen) atoms. The molecule has 1 aromatic carbocycles. The largest absolute Gasteiger partial charge is 0.598 e. The normalized spacial score (nSPS) is 20.7. The minimum absolute atomic E-state index is 0.146. The summed E-state index contributed by atoms with van der Waals surface area (Å²) < 4.78 is 33.1. The number of aromatic amines is 1. The fourth-order valence-corrected chi connectivity index (χ4v) is 6.98. The van der Waals surface area contributed by atoms with E-state index in [1.54, 1.807) is 12.4 Å². The molecule has 6 rings (SSSR count). The average Bonchev–Trinajstić information content (AvgIpc) is 3.50. The molecule has 0 radical (unpaired) electrons. The van der Waals surface area contributed by atoms with Crippen LogP contribution in [0.4, 0.5) is 10.3 Å². The quantitative estimate of drug-likeness (QED) is 0.270. The zero-order valence-electron chi connectivity index (χ0n) is 19.7. The lowest BCUT2D eigenvalue weighted by Crippen LogP contribution is -2.50. The first-order valence-corrected chi connectivity index (χ1v) is 13.8. The van der Waals surface area contributed by atoms with Gasteiger partial charge in [-0.3, -0.25) is 9.50 Å². The van der Waals surface area contributed by atoms with Gasteiger partial charge in [0, 0.05) is 29.9 Å². The van der Waals surface area contributed by atoms with Gasteiger partial charge in [0.2, 0.25) is 5.95 Å². The van der Waals surface area contributed by atoms with Crippen molar-refractivity contribution in [2.24, 2.45) is 5.41 Å². The Labute approximate surface area is 218 Å². The van der Waals surface area contributed by atoms with E-state index in [0.29, 0.717) is 5.65 Å². The number of anilines is 1. The van der Waals surface area contributed by atoms with Crippen LogP contribution in [-0.2, 0) is 17.8 Å². The summed E-state index contributed by atoms with van der Waals surface area (Å²) in [4.78, 5) is 7.10.